The van der Waals surface area contributed by atoms with E-state index in [9.17, 15) is 9.90 Å². The molecule has 20 heavy (non-hydrogen) atoms. The molecule has 1 heterocycles. The Morgan fingerprint density at radius 2 is 2.15 bits per heavy atom. The van der Waals surface area contributed by atoms with Gasteiger partial charge in [-0.1, -0.05) is 11.6 Å². The topological polar surface area (TPSA) is 127 Å². The minimum Gasteiger partial charge on any atom is -0.508 e. The van der Waals surface area contributed by atoms with Crippen molar-refractivity contribution in [2.75, 3.05) is 5.32 Å². The molecule has 104 valence electrons. The first kappa shape index (κ1) is 14.1. The van der Waals surface area contributed by atoms with Crippen molar-refractivity contribution in [1.82, 2.24) is 4.98 Å². The fourth-order valence-corrected chi connectivity index (χ4v) is 2.29. The summed E-state index contributed by atoms with van der Waals surface area (Å²) in [6, 6.07) is 4.23. The molecule has 0 radical (unpaired) electrons. The third-order valence-electron chi connectivity index (χ3n) is 2.09. The van der Waals surface area contributed by atoms with Crippen molar-refractivity contribution in [3.8, 4) is 5.75 Å². The fraction of sp³-hybridized carbons (Fsp3) is 0. The molecule has 1 aromatic heterocycles. The average Bonchev–Trinajstić information content (AvgIpc) is 2.75. The molecule has 1 aromatic carbocycles. The summed E-state index contributed by atoms with van der Waals surface area (Å²) in [4.78, 5) is 19.6. The van der Waals surface area contributed by atoms with E-state index in [1.54, 1.807) is 0 Å². The number of carbonyl (C=O) groups excluding carboxylic acids is 1. The lowest BCUT2D eigenvalue weighted by atomic mass is 10.3. The van der Waals surface area contributed by atoms with Crippen molar-refractivity contribution in [1.29, 1.82) is 0 Å². The molecule has 1 amide bonds. The first-order chi connectivity index (χ1) is 9.44. The van der Waals surface area contributed by atoms with Gasteiger partial charge in [-0.15, -0.1) is 11.3 Å². The molecule has 2 rings (SSSR count). The smallest absolute Gasteiger partial charge is 0.275 e. The van der Waals surface area contributed by atoms with Gasteiger partial charge < -0.3 is 21.9 Å². The van der Waals surface area contributed by atoms with Crippen LogP contribution in [-0.4, -0.2) is 22.0 Å². The summed E-state index contributed by atoms with van der Waals surface area (Å²) >= 11 is 6.90. The summed E-state index contributed by atoms with van der Waals surface area (Å²) in [5.41, 5.74) is 11.0. The van der Waals surface area contributed by atoms with Gasteiger partial charge in [0.25, 0.3) is 5.91 Å². The number of nitrogens with zero attached hydrogens (tertiary/aromatic N) is 2. The van der Waals surface area contributed by atoms with Crippen LogP contribution in [0.15, 0.2) is 28.6 Å². The van der Waals surface area contributed by atoms with E-state index in [0.29, 0.717) is 10.7 Å². The summed E-state index contributed by atoms with van der Waals surface area (Å²) in [6.07, 6.45) is 0. The SMILES string of the molecule is NC(N)=Nc1nc(C(=O)Nc2cc(O)cc(Cl)c2)cs1. The lowest BCUT2D eigenvalue weighted by molar-refractivity contribution is 0.102. The largest absolute Gasteiger partial charge is 0.508 e. The first-order valence-corrected chi connectivity index (χ1v) is 6.56. The second-order valence-electron chi connectivity index (χ2n) is 3.70. The van der Waals surface area contributed by atoms with Crippen LogP contribution in [0, 0.1) is 0 Å². The van der Waals surface area contributed by atoms with E-state index in [1.165, 1.54) is 23.6 Å². The number of hydrogen-bond acceptors (Lipinski definition) is 5. The molecule has 0 fully saturated rings. The third-order valence-corrected chi connectivity index (χ3v) is 3.04. The van der Waals surface area contributed by atoms with Gasteiger partial charge in [0.1, 0.15) is 11.4 Å². The number of phenols is 1. The highest BCUT2D eigenvalue weighted by Crippen LogP contribution is 2.24. The molecule has 0 saturated heterocycles. The number of aromatic hydroxyl groups is 1. The van der Waals surface area contributed by atoms with Crippen LogP contribution in [-0.2, 0) is 0 Å². The molecule has 2 aromatic rings. The van der Waals surface area contributed by atoms with Crippen molar-refractivity contribution >= 4 is 45.6 Å². The second-order valence-corrected chi connectivity index (χ2v) is 4.98. The number of nitrogens with one attached hydrogen (secondary N) is 1. The van der Waals surface area contributed by atoms with Gasteiger partial charge in [-0.3, -0.25) is 4.79 Å². The number of carbonyl (C=O) groups is 1. The molecular formula is C11H10ClN5O2S. The minimum atomic E-state index is -0.458. The maximum atomic E-state index is 11.9. The standard InChI is InChI=1S/C11H10ClN5O2S/c12-5-1-6(3-7(18)2-5)15-9(19)8-4-20-11(16-8)17-10(13)14/h1-4,18H,(H,15,19)(H4,13,14,16,17). The highest BCUT2D eigenvalue weighted by atomic mass is 35.5. The number of guanidine groups is 1. The number of thiazole rings is 1. The number of halogens is 1. The van der Waals surface area contributed by atoms with Crippen LogP contribution < -0.4 is 16.8 Å². The molecule has 7 nitrogen and oxygen atoms in total. The number of aromatic nitrogens is 1. The van der Waals surface area contributed by atoms with Crippen LogP contribution in [0.25, 0.3) is 0 Å². The van der Waals surface area contributed by atoms with Crippen LogP contribution in [0.5, 0.6) is 5.75 Å². The van der Waals surface area contributed by atoms with E-state index in [0.717, 1.165) is 11.3 Å². The van der Waals surface area contributed by atoms with Gasteiger partial charge >= 0.3 is 0 Å². The normalized spacial score (nSPS) is 10.1. The summed E-state index contributed by atoms with van der Waals surface area (Å²) < 4.78 is 0. The molecule has 9 heteroatoms. The quantitative estimate of drug-likeness (QED) is 0.506. The number of amides is 1. The molecule has 0 aliphatic heterocycles. The lowest BCUT2D eigenvalue weighted by Gasteiger charge is -2.04. The van der Waals surface area contributed by atoms with E-state index < -0.39 is 5.91 Å². The van der Waals surface area contributed by atoms with Crippen molar-refractivity contribution in [3.63, 3.8) is 0 Å². The van der Waals surface area contributed by atoms with Crippen molar-refractivity contribution < 1.29 is 9.90 Å². The summed E-state index contributed by atoms with van der Waals surface area (Å²) in [5.74, 6) is -0.640. The van der Waals surface area contributed by atoms with E-state index in [1.807, 2.05) is 0 Å². The maximum absolute atomic E-state index is 11.9. The van der Waals surface area contributed by atoms with Gasteiger partial charge in [0.15, 0.2) is 5.96 Å². The molecule has 0 aliphatic rings. The number of nitrogens with two attached hydrogens (primary N) is 2. The molecule has 0 spiro atoms. The molecule has 0 saturated carbocycles. The predicted octanol–water partition coefficient (Wildman–Crippen LogP) is 1.66. The Morgan fingerprint density at radius 3 is 2.80 bits per heavy atom. The number of hydrogen-bond donors (Lipinski definition) is 4. The van der Waals surface area contributed by atoms with Crippen LogP contribution >= 0.6 is 22.9 Å². The molecule has 0 aliphatic carbocycles. The molecule has 6 N–H and O–H groups in total. The van der Waals surface area contributed by atoms with Gasteiger partial charge in [0.2, 0.25) is 5.13 Å². The van der Waals surface area contributed by atoms with E-state index in [2.05, 4.69) is 15.3 Å². The Balaban J connectivity index is 2.15. The Hall–Kier alpha value is -2.32. The number of phenolic OH excluding ortho intramolecular Hbond substituents is 1. The molecular weight excluding hydrogens is 302 g/mol. The summed E-state index contributed by atoms with van der Waals surface area (Å²) in [7, 11) is 0. The summed E-state index contributed by atoms with van der Waals surface area (Å²) in [5, 5.41) is 14.0. The van der Waals surface area contributed by atoms with Gasteiger partial charge in [-0.2, -0.15) is 4.99 Å². The zero-order chi connectivity index (χ0) is 14.7. The number of rotatable bonds is 3. The summed E-state index contributed by atoms with van der Waals surface area (Å²) in [6.45, 7) is 0. The Kier molecular flexibility index (Phi) is 4.06. The highest BCUT2D eigenvalue weighted by molar-refractivity contribution is 7.13. The van der Waals surface area contributed by atoms with E-state index >= 15 is 0 Å². The predicted molar refractivity (Wildman–Crippen MR) is 78.7 cm³/mol. The van der Waals surface area contributed by atoms with E-state index in [4.69, 9.17) is 23.1 Å². The second kappa shape index (κ2) is 5.76. The number of benzene rings is 1. The van der Waals surface area contributed by atoms with Crippen LogP contribution in [0.4, 0.5) is 10.8 Å². The average molecular weight is 312 g/mol. The van der Waals surface area contributed by atoms with Crippen LogP contribution in [0.1, 0.15) is 10.5 Å². The first-order valence-electron chi connectivity index (χ1n) is 5.30. The minimum absolute atomic E-state index is 0.0488. The van der Waals surface area contributed by atoms with Crippen molar-refractivity contribution in [3.05, 3.63) is 34.3 Å². The lowest BCUT2D eigenvalue weighted by Crippen LogP contribution is -2.21. The number of anilines is 1. The zero-order valence-corrected chi connectivity index (χ0v) is 11.6. The molecule has 0 unspecified atom stereocenters. The Bertz CT molecular complexity index is 661. The van der Waals surface area contributed by atoms with Crippen LogP contribution in [0.3, 0.4) is 0 Å². The molecule has 0 bridgehead atoms. The van der Waals surface area contributed by atoms with Gasteiger partial charge in [-0.25, -0.2) is 4.98 Å². The van der Waals surface area contributed by atoms with Gasteiger partial charge in [0.05, 0.1) is 0 Å². The van der Waals surface area contributed by atoms with Gasteiger partial charge in [-0.05, 0) is 12.1 Å². The van der Waals surface area contributed by atoms with Crippen molar-refractivity contribution in [2.24, 2.45) is 16.5 Å². The fourth-order valence-electron chi connectivity index (χ4n) is 1.37. The van der Waals surface area contributed by atoms with Gasteiger partial charge in [0, 0.05) is 22.2 Å². The highest BCUT2D eigenvalue weighted by Gasteiger charge is 2.11. The Labute approximate surface area is 122 Å². The monoisotopic (exact) mass is 311 g/mol. The number of aliphatic imine (C=N–C) groups is 1. The molecule has 0 atom stereocenters. The van der Waals surface area contributed by atoms with Crippen LogP contribution in [0.2, 0.25) is 5.02 Å². The zero-order valence-electron chi connectivity index (χ0n) is 10.0. The third kappa shape index (κ3) is 3.59. The van der Waals surface area contributed by atoms with Crippen molar-refractivity contribution in [2.45, 2.75) is 0 Å². The maximum Gasteiger partial charge on any atom is 0.275 e. The van der Waals surface area contributed by atoms with E-state index in [-0.39, 0.29) is 22.5 Å². The Morgan fingerprint density at radius 1 is 1.40 bits per heavy atom.